The summed E-state index contributed by atoms with van der Waals surface area (Å²) in [5.41, 5.74) is 3.76. The van der Waals surface area contributed by atoms with Crippen molar-refractivity contribution in [2.45, 2.75) is 51.4 Å². The van der Waals surface area contributed by atoms with Gasteiger partial charge in [-0.3, -0.25) is 29.6 Å². The summed E-state index contributed by atoms with van der Waals surface area (Å²) in [6, 6.07) is 13.4. The van der Waals surface area contributed by atoms with Crippen LogP contribution in [0.15, 0.2) is 48.7 Å². The largest absolute Gasteiger partial charge is 0.489 e. The van der Waals surface area contributed by atoms with E-state index in [1.807, 2.05) is 18.3 Å². The van der Waals surface area contributed by atoms with Gasteiger partial charge in [0, 0.05) is 49.7 Å². The summed E-state index contributed by atoms with van der Waals surface area (Å²) in [4.78, 5) is 45.2. The summed E-state index contributed by atoms with van der Waals surface area (Å²) in [7, 11) is 0. The van der Waals surface area contributed by atoms with E-state index in [1.165, 1.54) is 10.9 Å². The van der Waals surface area contributed by atoms with Crippen LogP contribution in [0.4, 0.5) is 0 Å². The predicted molar refractivity (Wildman–Crippen MR) is 133 cm³/mol. The van der Waals surface area contributed by atoms with Crippen molar-refractivity contribution in [3.63, 3.8) is 0 Å². The molecule has 0 saturated carbocycles. The van der Waals surface area contributed by atoms with Crippen LogP contribution in [-0.4, -0.2) is 57.7 Å². The number of benzene rings is 2. The fourth-order valence-corrected chi connectivity index (χ4v) is 5.54. The molecule has 0 aliphatic carbocycles. The molecule has 2 aromatic carbocycles. The maximum absolute atomic E-state index is 12.9. The fraction of sp³-hybridized carbons (Fsp3) is 0.357. The molecule has 8 nitrogen and oxygen atoms in total. The molecule has 2 saturated heterocycles. The number of ether oxygens (including phenoxy) is 1. The molecule has 3 aromatic rings. The number of imide groups is 1. The van der Waals surface area contributed by atoms with E-state index in [2.05, 4.69) is 46.4 Å². The van der Waals surface area contributed by atoms with E-state index in [4.69, 9.17) is 4.74 Å². The van der Waals surface area contributed by atoms with Crippen molar-refractivity contribution in [2.24, 2.45) is 0 Å². The summed E-state index contributed by atoms with van der Waals surface area (Å²) in [6.07, 6.45) is 3.54. The molecule has 0 radical (unpaired) electrons. The Labute approximate surface area is 209 Å². The van der Waals surface area contributed by atoms with Crippen LogP contribution in [0.5, 0.6) is 5.75 Å². The van der Waals surface area contributed by atoms with Gasteiger partial charge in [-0.15, -0.1) is 0 Å². The van der Waals surface area contributed by atoms with Crippen LogP contribution < -0.4 is 10.1 Å². The van der Waals surface area contributed by atoms with E-state index < -0.39 is 11.9 Å². The number of pyridine rings is 1. The molecule has 2 fully saturated rings. The van der Waals surface area contributed by atoms with Crippen molar-refractivity contribution < 1.29 is 19.1 Å². The maximum Gasteiger partial charge on any atom is 0.255 e. The SMILES string of the molecule is Cc1cccc2cnc(CN3CC[C@H](Oc4ccc5c(c4)CN(C4CCC(=O)NC4=O)C5=O)C3)cc12. The minimum Gasteiger partial charge on any atom is -0.489 e. The van der Waals surface area contributed by atoms with Crippen molar-refractivity contribution in [3.05, 3.63) is 71.0 Å². The Morgan fingerprint density at radius 2 is 2.00 bits per heavy atom. The van der Waals surface area contributed by atoms with Gasteiger partial charge in [0.05, 0.1) is 5.69 Å². The average Bonchev–Trinajstić information content (AvgIpc) is 3.43. The van der Waals surface area contributed by atoms with Gasteiger partial charge in [0.1, 0.15) is 17.9 Å². The average molecular weight is 485 g/mol. The number of amides is 3. The smallest absolute Gasteiger partial charge is 0.255 e. The lowest BCUT2D eigenvalue weighted by atomic mass is 10.0. The number of carbonyl (C=O) groups excluding carboxylic acids is 3. The summed E-state index contributed by atoms with van der Waals surface area (Å²) in [5.74, 6) is -0.117. The van der Waals surface area contributed by atoms with Crippen molar-refractivity contribution in [1.82, 2.24) is 20.1 Å². The number of piperidine rings is 1. The highest BCUT2D eigenvalue weighted by molar-refractivity contribution is 6.05. The summed E-state index contributed by atoms with van der Waals surface area (Å²) >= 11 is 0. The number of carbonyl (C=O) groups is 3. The number of aryl methyl sites for hydroxylation is 1. The lowest BCUT2D eigenvalue weighted by Crippen LogP contribution is -2.52. The Balaban J connectivity index is 1.09. The van der Waals surface area contributed by atoms with Crippen LogP contribution in [0.1, 0.15) is 46.4 Å². The van der Waals surface area contributed by atoms with Gasteiger partial charge < -0.3 is 9.64 Å². The first-order valence-corrected chi connectivity index (χ1v) is 12.5. The Morgan fingerprint density at radius 3 is 2.86 bits per heavy atom. The zero-order valence-corrected chi connectivity index (χ0v) is 20.2. The molecule has 3 aliphatic heterocycles. The fourth-order valence-electron chi connectivity index (χ4n) is 5.54. The van der Waals surface area contributed by atoms with Crippen LogP contribution in [0, 0.1) is 6.92 Å². The second kappa shape index (κ2) is 9.02. The first kappa shape index (κ1) is 22.7. The standard InChI is InChI=1S/C28H28N4O4/c1-17-3-2-4-18-13-29-20(12-24(17)18)15-31-10-9-22(16-31)36-21-5-6-23-19(11-21)14-32(28(23)35)25-7-8-26(33)30-27(25)34/h2-6,11-13,22,25H,7-10,14-16H2,1H3,(H,30,33,34)/t22-,25?/m0/s1. The van der Waals surface area contributed by atoms with Crippen molar-refractivity contribution in [3.8, 4) is 5.75 Å². The van der Waals surface area contributed by atoms with E-state index in [1.54, 1.807) is 11.0 Å². The van der Waals surface area contributed by atoms with Crippen molar-refractivity contribution >= 4 is 28.5 Å². The Bertz CT molecular complexity index is 1390. The third kappa shape index (κ3) is 4.22. The highest BCUT2D eigenvalue weighted by Gasteiger charge is 2.39. The van der Waals surface area contributed by atoms with Gasteiger partial charge in [0.15, 0.2) is 0 Å². The molecule has 1 aromatic heterocycles. The highest BCUT2D eigenvalue weighted by atomic mass is 16.5. The predicted octanol–water partition coefficient (Wildman–Crippen LogP) is 2.96. The number of hydrogen-bond donors (Lipinski definition) is 1. The zero-order chi connectivity index (χ0) is 24.8. The van der Waals surface area contributed by atoms with Gasteiger partial charge in [-0.2, -0.15) is 0 Å². The molecule has 36 heavy (non-hydrogen) atoms. The molecule has 4 heterocycles. The van der Waals surface area contributed by atoms with Crippen LogP contribution >= 0.6 is 0 Å². The Hall–Kier alpha value is -3.78. The first-order chi connectivity index (χ1) is 17.4. The second-order valence-electron chi connectivity index (χ2n) is 9.95. The monoisotopic (exact) mass is 484 g/mol. The van der Waals surface area contributed by atoms with E-state index >= 15 is 0 Å². The summed E-state index contributed by atoms with van der Waals surface area (Å²) < 4.78 is 6.29. The van der Waals surface area contributed by atoms with E-state index in [0.717, 1.165) is 48.4 Å². The van der Waals surface area contributed by atoms with Crippen LogP contribution in [0.25, 0.3) is 10.8 Å². The second-order valence-corrected chi connectivity index (χ2v) is 9.95. The normalized spacial score (nSPS) is 22.2. The molecular weight excluding hydrogens is 456 g/mol. The molecule has 8 heteroatoms. The number of rotatable bonds is 5. The molecule has 1 unspecified atom stereocenters. The van der Waals surface area contributed by atoms with Gasteiger partial charge >= 0.3 is 0 Å². The zero-order valence-electron chi connectivity index (χ0n) is 20.2. The molecule has 0 spiro atoms. The molecule has 3 amide bonds. The molecule has 2 atom stereocenters. The minimum atomic E-state index is -0.608. The van der Waals surface area contributed by atoms with Crippen LogP contribution in [0.3, 0.4) is 0 Å². The Kier molecular flexibility index (Phi) is 5.68. The lowest BCUT2D eigenvalue weighted by Gasteiger charge is -2.29. The molecule has 0 bridgehead atoms. The summed E-state index contributed by atoms with van der Waals surface area (Å²) in [5, 5.41) is 4.74. The van der Waals surface area contributed by atoms with Gasteiger partial charge in [0.2, 0.25) is 11.8 Å². The molecule has 184 valence electrons. The van der Waals surface area contributed by atoms with E-state index in [-0.39, 0.29) is 24.3 Å². The highest BCUT2D eigenvalue weighted by Crippen LogP contribution is 2.31. The van der Waals surface area contributed by atoms with E-state index in [9.17, 15) is 14.4 Å². The van der Waals surface area contributed by atoms with Gasteiger partial charge in [0.25, 0.3) is 5.91 Å². The number of nitrogens with zero attached hydrogens (tertiary/aromatic N) is 3. The molecule has 1 N–H and O–H groups in total. The molecular formula is C28H28N4O4. The number of hydrogen-bond acceptors (Lipinski definition) is 6. The first-order valence-electron chi connectivity index (χ1n) is 12.5. The number of fused-ring (bicyclic) bond motifs is 2. The van der Waals surface area contributed by atoms with Crippen molar-refractivity contribution in [2.75, 3.05) is 13.1 Å². The van der Waals surface area contributed by atoms with Crippen LogP contribution in [0.2, 0.25) is 0 Å². The van der Waals surface area contributed by atoms with E-state index in [0.29, 0.717) is 18.5 Å². The minimum absolute atomic E-state index is 0.0635. The van der Waals surface area contributed by atoms with Crippen LogP contribution in [-0.2, 0) is 22.7 Å². The quantitative estimate of drug-likeness (QED) is 0.560. The van der Waals surface area contributed by atoms with Crippen molar-refractivity contribution in [1.29, 1.82) is 0 Å². The van der Waals surface area contributed by atoms with Gasteiger partial charge in [-0.25, -0.2) is 0 Å². The molecule has 6 rings (SSSR count). The Morgan fingerprint density at radius 1 is 1.11 bits per heavy atom. The number of aromatic nitrogens is 1. The van der Waals surface area contributed by atoms with Gasteiger partial charge in [-0.1, -0.05) is 18.2 Å². The maximum atomic E-state index is 12.9. The summed E-state index contributed by atoms with van der Waals surface area (Å²) in [6.45, 7) is 5.00. The topological polar surface area (TPSA) is 91.8 Å². The molecule has 3 aliphatic rings. The van der Waals surface area contributed by atoms with Gasteiger partial charge in [-0.05, 0) is 60.5 Å². The third-order valence-corrected chi connectivity index (χ3v) is 7.45. The third-order valence-electron chi connectivity index (χ3n) is 7.45. The number of nitrogens with one attached hydrogen (secondary N) is 1. The lowest BCUT2D eigenvalue weighted by molar-refractivity contribution is -0.136. The number of likely N-dealkylation sites (tertiary alicyclic amines) is 1.